The van der Waals surface area contributed by atoms with Gasteiger partial charge in [-0.2, -0.15) is 23.5 Å². The van der Waals surface area contributed by atoms with E-state index < -0.39 is 11.9 Å². The number of aromatic nitrogens is 2. The molecule has 2 aliphatic rings. The Morgan fingerprint density at radius 3 is 2.48 bits per heavy atom. The first-order valence-electron chi connectivity index (χ1n) is 6.74. The standard InChI is InChI=1S/C11H10F3N3OS.C2H6/c12-11(13,14)8-1-9(19-6-15)16-17(8)7-2-10(3-7)4-18-5-10;1-2/h1,7H,2-5H2;1-2H3. The van der Waals surface area contributed by atoms with Gasteiger partial charge in [-0.3, -0.25) is 4.68 Å². The Bertz CT molecular complexity index is 538. The molecule has 0 amide bonds. The maximum atomic E-state index is 12.9. The van der Waals surface area contributed by atoms with E-state index in [4.69, 9.17) is 10.00 Å². The van der Waals surface area contributed by atoms with E-state index in [0.717, 1.165) is 10.7 Å². The van der Waals surface area contributed by atoms with Crippen LogP contribution in [-0.2, 0) is 10.9 Å². The number of rotatable bonds is 2. The highest BCUT2D eigenvalue weighted by molar-refractivity contribution is 8.03. The van der Waals surface area contributed by atoms with Crippen LogP contribution in [0.25, 0.3) is 0 Å². The Kier molecular flexibility index (Phi) is 4.54. The molecule has 3 rings (SSSR count). The van der Waals surface area contributed by atoms with Crippen LogP contribution < -0.4 is 0 Å². The molecule has 1 aromatic rings. The average Bonchev–Trinajstić information content (AvgIpc) is 2.72. The van der Waals surface area contributed by atoms with Crippen molar-refractivity contribution in [3.05, 3.63) is 11.8 Å². The minimum atomic E-state index is -4.44. The van der Waals surface area contributed by atoms with Gasteiger partial charge in [-0.25, -0.2) is 0 Å². The number of nitriles is 1. The lowest BCUT2D eigenvalue weighted by atomic mass is 9.64. The van der Waals surface area contributed by atoms with Crippen LogP contribution in [-0.4, -0.2) is 23.0 Å². The zero-order chi connectivity index (χ0) is 15.7. The molecule has 0 aromatic carbocycles. The first kappa shape index (κ1) is 16.2. The van der Waals surface area contributed by atoms with Crippen LogP contribution >= 0.6 is 11.8 Å². The second-order valence-electron chi connectivity index (χ2n) is 5.06. The molecule has 0 radical (unpaired) electrons. The Morgan fingerprint density at radius 1 is 1.43 bits per heavy atom. The van der Waals surface area contributed by atoms with Gasteiger partial charge in [0.25, 0.3) is 0 Å². The van der Waals surface area contributed by atoms with E-state index in [0.29, 0.717) is 37.8 Å². The zero-order valence-corrected chi connectivity index (χ0v) is 12.6. The minimum absolute atomic E-state index is 0.0714. The van der Waals surface area contributed by atoms with Crippen LogP contribution in [0.1, 0.15) is 38.4 Å². The van der Waals surface area contributed by atoms with E-state index in [1.54, 1.807) is 5.40 Å². The van der Waals surface area contributed by atoms with E-state index in [1.807, 2.05) is 13.8 Å². The van der Waals surface area contributed by atoms with Crippen molar-refractivity contribution in [2.45, 2.75) is 43.9 Å². The van der Waals surface area contributed by atoms with Crippen molar-refractivity contribution < 1.29 is 17.9 Å². The van der Waals surface area contributed by atoms with Crippen molar-refractivity contribution in [2.24, 2.45) is 5.41 Å². The predicted octanol–water partition coefficient (Wildman–Crippen LogP) is 3.85. The summed E-state index contributed by atoms with van der Waals surface area (Å²) < 4.78 is 44.9. The van der Waals surface area contributed by atoms with Crippen molar-refractivity contribution in [3.8, 4) is 5.40 Å². The molecule has 0 N–H and O–H groups in total. The van der Waals surface area contributed by atoms with Crippen molar-refractivity contribution in [1.29, 1.82) is 5.26 Å². The molecular formula is C13H16F3N3OS. The van der Waals surface area contributed by atoms with E-state index >= 15 is 0 Å². The third kappa shape index (κ3) is 3.04. The summed E-state index contributed by atoms with van der Waals surface area (Å²) in [5, 5.41) is 14.3. The monoisotopic (exact) mass is 319 g/mol. The average molecular weight is 319 g/mol. The van der Waals surface area contributed by atoms with Crippen LogP contribution in [0.5, 0.6) is 0 Å². The van der Waals surface area contributed by atoms with Crippen molar-refractivity contribution in [2.75, 3.05) is 13.2 Å². The second-order valence-corrected chi connectivity index (χ2v) is 5.86. The largest absolute Gasteiger partial charge is 0.433 e. The molecule has 2 heterocycles. The molecule has 8 heteroatoms. The molecule has 4 nitrogen and oxygen atoms in total. The Labute approximate surface area is 125 Å². The van der Waals surface area contributed by atoms with Gasteiger partial charge in [0.1, 0.15) is 16.1 Å². The van der Waals surface area contributed by atoms with Gasteiger partial charge in [0.15, 0.2) is 0 Å². The van der Waals surface area contributed by atoms with Crippen LogP contribution in [0.2, 0.25) is 0 Å². The number of halogens is 3. The number of thioether (sulfide) groups is 1. The fourth-order valence-corrected chi connectivity index (χ4v) is 3.09. The summed E-state index contributed by atoms with van der Waals surface area (Å²) in [5.41, 5.74) is -0.701. The van der Waals surface area contributed by atoms with E-state index in [-0.39, 0.29) is 16.5 Å². The first-order valence-corrected chi connectivity index (χ1v) is 7.56. The third-order valence-corrected chi connectivity index (χ3v) is 4.15. The summed E-state index contributed by atoms with van der Waals surface area (Å²) in [4.78, 5) is 0. The van der Waals surface area contributed by atoms with Gasteiger partial charge in [-0.15, -0.1) is 0 Å². The van der Waals surface area contributed by atoms with Gasteiger partial charge in [0.2, 0.25) is 0 Å². The smallest absolute Gasteiger partial charge is 0.380 e. The number of alkyl halides is 3. The lowest BCUT2D eigenvalue weighted by molar-refractivity contribution is -0.183. The predicted molar refractivity (Wildman–Crippen MR) is 71.6 cm³/mol. The molecule has 2 fully saturated rings. The molecule has 1 spiro atoms. The quantitative estimate of drug-likeness (QED) is 0.613. The summed E-state index contributed by atoms with van der Waals surface area (Å²) in [6.45, 7) is 5.26. The summed E-state index contributed by atoms with van der Waals surface area (Å²) in [5.74, 6) is 0. The Balaban J connectivity index is 0.000000774. The normalized spacial score (nSPS) is 20.0. The molecule has 1 aromatic heterocycles. The van der Waals surface area contributed by atoms with E-state index in [9.17, 15) is 13.2 Å². The molecule has 116 valence electrons. The molecule has 1 saturated carbocycles. The first-order chi connectivity index (χ1) is 9.93. The van der Waals surface area contributed by atoms with Crippen molar-refractivity contribution in [1.82, 2.24) is 9.78 Å². The van der Waals surface area contributed by atoms with Crippen LogP contribution in [0.4, 0.5) is 13.2 Å². The second kappa shape index (κ2) is 5.89. The number of ether oxygens (including phenoxy) is 1. The molecule has 21 heavy (non-hydrogen) atoms. The van der Waals surface area contributed by atoms with E-state index in [1.165, 1.54) is 0 Å². The lowest BCUT2D eigenvalue weighted by Crippen LogP contribution is -2.53. The highest BCUT2D eigenvalue weighted by atomic mass is 32.2. The summed E-state index contributed by atoms with van der Waals surface area (Å²) >= 11 is 0.647. The molecule has 1 saturated heterocycles. The topological polar surface area (TPSA) is 50.8 Å². The van der Waals surface area contributed by atoms with E-state index in [2.05, 4.69) is 5.10 Å². The fourth-order valence-electron chi connectivity index (χ4n) is 2.70. The zero-order valence-electron chi connectivity index (χ0n) is 11.8. The SMILES string of the molecule is CC.N#CSc1cc(C(F)(F)F)n(C2CC3(COC3)C2)n1. The maximum absolute atomic E-state index is 12.9. The Morgan fingerprint density at radius 2 is 2.05 bits per heavy atom. The molecular weight excluding hydrogens is 303 g/mol. The molecule has 1 aliphatic heterocycles. The van der Waals surface area contributed by atoms with Gasteiger partial charge in [-0.05, 0) is 12.8 Å². The number of hydrogen-bond donors (Lipinski definition) is 0. The maximum Gasteiger partial charge on any atom is 0.433 e. The van der Waals surface area contributed by atoms with Gasteiger partial charge in [-0.1, -0.05) is 13.8 Å². The van der Waals surface area contributed by atoms with Crippen LogP contribution in [0.3, 0.4) is 0 Å². The Hall–Kier alpha value is -1.20. The van der Waals surface area contributed by atoms with Crippen LogP contribution in [0, 0.1) is 16.1 Å². The van der Waals surface area contributed by atoms with Gasteiger partial charge < -0.3 is 4.74 Å². The minimum Gasteiger partial charge on any atom is -0.380 e. The number of thiocyanates is 1. The molecule has 0 atom stereocenters. The fraction of sp³-hybridized carbons (Fsp3) is 0.692. The van der Waals surface area contributed by atoms with Crippen molar-refractivity contribution in [3.63, 3.8) is 0 Å². The summed E-state index contributed by atoms with van der Waals surface area (Å²) in [7, 11) is 0. The lowest BCUT2D eigenvalue weighted by Gasteiger charge is -2.53. The highest BCUT2D eigenvalue weighted by Crippen LogP contribution is 2.54. The highest BCUT2D eigenvalue weighted by Gasteiger charge is 2.52. The molecule has 0 unspecified atom stereocenters. The van der Waals surface area contributed by atoms with Gasteiger partial charge in [0.05, 0.1) is 19.3 Å². The van der Waals surface area contributed by atoms with Gasteiger partial charge >= 0.3 is 6.18 Å². The summed E-state index contributed by atoms with van der Waals surface area (Å²) in [6, 6.07) is 0.699. The molecule has 1 aliphatic carbocycles. The van der Waals surface area contributed by atoms with Gasteiger partial charge in [0, 0.05) is 23.2 Å². The third-order valence-electron chi connectivity index (χ3n) is 3.65. The van der Waals surface area contributed by atoms with Crippen molar-refractivity contribution >= 4 is 11.8 Å². The number of nitrogens with zero attached hydrogens (tertiary/aromatic N) is 3. The summed E-state index contributed by atoms with van der Waals surface area (Å²) in [6.07, 6.45) is -3.12. The number of hydrogen-bond acceptors (Lipinski definition) is 4. The molecule has 0 bridgehead atoms. The van der Waals surface area contributed by atoms with Crippen LogP contribution in [0.15, 0.2) is 11.1 Å².